The van der Waals surface area contributed by atoms with Crippen molar-refractivity contribution < 1.29 is 9.53 Å². The lowest BCUT2D eigenvalue weighted by molar-refractivity contribution is -0.143. The van der Waals surface area contributed by atoms with Crippen molar-refractivity contribution in [1.29, 1.82) is 0 Å². The van der Waals surface area contributed by atoms with Crippen LogP contribution in [0.2, 0.25) is 0 Å². The number of esters is 1. The van der Waals surface area contributed by atoms with Gasteiger partial charge in [-0.2, -0.15) is 0 Å². The molecule has 0 spiro atoms. The van der Waals surface area contributed by atoms with Gasteiger partial charge in [-0.25, -0.2) is 0 Å². The molecule has 1 aliphatic rings. The maximum Gasteiger partial charge on any atom is 0.314 e. The van der Waals surface area contributed by atoms with Gasteiger partial charge < -0.3 is 10.5 Å². The van der Waals surface area contributed by atoms with E-state index in [-0.39, 0.29) is 17.9 Å². The topological polar surface area (TPSA) is 55.6 Å². The molecule has 0 amide bonds. The summed E-state index contributed by atoms with van der Waals surface area (Å²) in [4.78, 5) is 14.4. The summed E-state index contributed by atoms with van der Waals surface area (Å²) in [5, 5.41) is 0. The molecule has 3 unspecified atom stereocenters. The van der Waals surface area contributed by atoms with Gasteiger partial charge in [0.2, 0.25) is 0 Å². The number of nitrogens with two attached hydrogens (primary N) is 1. The van der Waals surface area contributed by atoms with Crippen LogP contribution in [0, 0.1) is 0 Å². The van der Waals surface area contributed by atoms with E-state index in [1.807, 2.05) is 30.3 Å². The number of carbonyl (C=O) groups is 1. The summed E-state index contributed by atoms with van der Waals surface area (Å²) in [6.07, 6.45) is 1.98. The predicted octanol–water partition coefficient (Wildman–Crippen LogP) is 1.75. The van der Waals surface area contributed by atoms with E-state index in [0.29, 0.717) is 12.6 Å². The molecule has 1 aromatic rings. The minimum Gasteiger partial charge on any atom is -0.469 e. The van der Waals surface area contributed by atoms with Crippen molar-refractivity contribution in [1.82, 2.24) is 4.90 Å². The van der Waals surface area contributed by atoms with Crippen LogP contribution in [0.1, 0.15) is 31.2 Å². The Morgan fingerprint density at radius 1 is 1.45 bits per heavy atom. The molecule has 1 heterocycles. The predicted molar refractivity (Wildman–Crippen MR) is 79.4 cm³/mol. The first-order chi connectivity index (χ1) is 9.61. The monoisotopic (exact) mass is 276 g/mol. The van der Waals surface area contributed by atoms with E-state index in [1.54, 1.807) is 0 Å². The molecule has 2 N–H and O–H groups in total. The van der Waals surface area contributed by atoms with Gasteiger partial charge in [0.15, 0.2) is 0 Å². The molecule has 0 radical (unpaired) electrons. The summed E-state index contributed by atoms with van der Waals surface area (Å²) >= 11 is 0. The highest BCUT2D eigenvalue weighted by atomic mass is 16.5. The van der Waals surface area contributed by atoms with E-state index in [2.05, 4.69) is 11.8 Å². The number of benzene rings is 1. The highest BCUT2D eigenvalue weighted by molar-refractivity contribution is 5.78. The lowest BCUT2D eigenvalue weighted by Crippen LogP contribution is -2.47. The van der Waals surface area contributed by atoms with Gasteiger partial charge in [-0.05, 0) is 31.9 Å². The number of hydrogen-bond acceptors (Lipinski definition) is 4. The fraction of sp³-hybridized carbons (Fsp3) is 0.562. The zero-order chi connectivity index (χ0) is 14.5. The number of hydrogen-bond donors (Lipinski definition) is 1. The molecule has 1 aromatic carbocycles. The zero-order valence-corrected chi connectivity index (χ0v) is 12.3. The third-order valence-electron chi connectivity index (χ3n) is 4.16. The molecule has 4 heteroatoms. The average molecular weight is 276 g/mol. The highest BCUT2D eigenvalue weighted by Gasteiger charge is 2.29. The van der Waals surface area contributed by atoms with Gasteiger partial charge in [-0.15, -0.1) is 0 Å². The maximum absolute atomic E-state index is 12.1. The van der Waals surface area contributed by atoms with Crippen LogP contribution in [0.4, 0.5) is 0 Å². The maximum atomic E-state index is 12.1. The van der Waals surface area contributed by atoms with Gasteiger partial charge in [-0.1, -0.05) is 30.3 Å². The normalized spacial score (nSPS) is 25.1. The fourth-order valence-electron chi connectivity index (χ4n) is 2.91. The van der Waals surface area contributed by atoms with Crippen LogP contribution in [0.15, 0.2) is 30.3 Å². The summed E-state index contributed by atoms with van der Waals surface area (Å²) < 4.78 is 4.97. The van der Waals surface area contributed by atoms with Crippen LogP contribution in [0.5, 0.6) is 0 Å². The van der Waals surface area contributed by atoms with Gasteiger partial charge in [0, 0.05) is 18.6 Å². The Morgan fingerprint density at radius 3 is 2.75 bits per heavy atom. The molecule has 1 saturated heterocycles. The van der Waals surface area contributed by atoms with Gasteiger partial charge in [0.1, 0.15) is 0 Å². The van der Waals surface area contributed by atoms with E-state index >= 15 is 0 Å². The number of methoxy groups -OCH3 is 1. The number of carbonyl (C=O) groups excluding carboxylic acids is 1. The molecule has 3 atom stereocenters. The van der Waals surface area contributed by atoms with Crippen molar-refractivity contribution in [3.05, 3.63) is 35.9 Å². The van der Waals surface area contributed by atoms with Crippen LogP contribution in [-0.4, -0.2) is 43.2 Å². The Balaban J connectivity index is 2.11. The second kappa shape index (κ2) is 6.86. The Hall–Kier alpha value is -1.39. The SMILES string of the molecule is COC(=O)C(CN1CCC(N)CC1C)c1ccccc1. The van der Waals surface area contributed by atoms with Gasteiger partial charge in [0.05, 0.1) is 13.0 Å². The van der Waals surface area contributed by atoms with E-state index < -0.39 is 0 Å². The fourth-order valence-corrected chi connectivity index (χ4v) is 2.91. The van der Waals surface area contributed by atoms with E-state index in [9.17, 15) is 4.79 Å². The second-order valence-corrected chi connectivity index (χ2v) is 5.61. The van der Waals surface area contributed by atoms with Crippen LogP contribution < -0.4 is 5.73 Å². The third-order valence-corrected chi connectivity index (χ3v) is 4.16. The smallest absolute Gasteiger partial charge is 0.314 e. The number of likely N-dealkylation sites (tertiary alicyclic amines) is 1. The Morgan fingerprint density at radius 2 is 2.15 bits per heavy atom. The van der Waals surface area contributed by atoms with Crippen molar-refractivity contribution in [2.45, 2.75) is 37.8 Å². The third kappa shape index (κ3) is 3.58. The largest absolute Gasteiger partial charge is 0.469 e. The van der Waals surface area contributed by atoms with Crippen LogP contribution in [0.25, 0.3) is 0 Å². The number of ether oxygens (including phenoxy) is 1. The molecule has 110 valence electrons. The van der Waals surface area contributed by atoms with Crippen molar-refractivity contribution >= 4 is 5.97 Å². The quantitative estimate of drug-likeness (QED) is 0.851. The van der Waals surface area contributed by atoms with Gasteiger partial charge in [0.25, 0.3) is 0 Å². The van der Waals surface area contributed by atoms with Gasteiger partial charge >= 0.3 is 5.97 Å². The molecule has 0 aromatic heterocycles. The summed E-state index contributed by atoms with van der Waals surface area (Å²) in [6, 6.07) is 10.6. The van der Waals surface area contributed by atoms with Crippen LogP contribution in [-0.2, 0) is 9.53 Å². The second-order valence-electron chi connectivity index (χ2n) is 5.61. The molecule has 0 aliphatic carbocycles. The Bertz CT molecular complexity index is 435. The minimum atomic E-state index is -0.224. The molecule has 0 saturated carbocycles. The van der Waals surface area contributed by atoms with Crippen molar-refractivity contribution in [3.63, 3.8) is 0 Å². The number of nitrogens with zero attached hydrogens (tertiary/aromatic N) is 1. The molecule has 1 fully saturated rings. The summed E-state index contributed by atoms with van der Waals surface area (Å²) in [6.45, 7) is 3.82. The first-order valence-corrected chi connectivity index (χ1v) is 7.24. The first-order valence-electron chi connectivity index (χ1n) is 7.24. The molecular weight excluding hydrogens is 252 g/mol. The van der Waals surface area contributed by atoms with E-state index in [4.69, 9.17) is 10.5 Å². The van der Waals surface area contributed by atoms with Crippen LogP contribution in [0.3, 0.4) is 0 Å². The molecule has 4 nitrogen and oxygen atoms in total. The minimum absolute atomic E-state index is 0.168. The zero-order valence-electron chi connectivity index (χ0n) is 12.3. The van der Waals surface area contributed by atoms with E-state index in [0.717, 1.165) is 24.9 Å². The number of rotatable bonds is 4. The molecule has 2 rings (SSSR count). The lowest BCUT2D eigenvalue weighted by Gasteiger charge is -2.37. The molecule has 1 aliphatic heterocycles. The summed E-state index contributed by atoms with van der Waals surface area (Å²) in [5.74, 6) is -0.392. The first kappa shape index (κ1) is 15.0. The van der Waals surface area contributed by atoms with Crippen molar-refractivity contribution in [3.8, 4) is 0 Å². The van der Waals surface area contributed by atoms with E-state index in [1.165, 1.54) is 7.11 Å². The van der Waals surface area contributed by atoms with Crippen LogP contribution >= 0.6 is 0 Å². The Kier molecular flexibility index (Phi) is 5.15. The highest BCUT2D eigenvalue weighted by Crippen LogP contribution is 2.23. The summed E-state index contributed by atoms with van der Waals surface area (Å²) in [7, 11) is 1.45. The molecule has 0 bridgehead atoms. The lowest BCUT2D eigenvalue weighted by atomic mass is 9.94. The average Bonchev–Trinajstić information content (AvgIpc) is 2.46. The van der Waals surface area contributed by atoms with Gasteiger partial charge in [-0.3, -0.25) is 9.69 Å². The van der Waals surface area contributed by atoms with Crippen molar-refractivity contribution in [2.75, 3.05) is 20.2 Å². The Labute approximate surface area is 120 Å². The number of piperidine rings is 1. The van der Waals surface area contributed by atoms with Crippen molar-refractivity contribution in [2.24, 2.45) is 5.73 Å². The standard InChI is InChI=1S/C16H24N2O2/c1-12-10-14(17)8-9-18(12)11-15(16(19)20-2)13-6-4-3-5-7-13/h3-7,12,14-15H,8-11,17H2,1-2H3. The summed E-state index contributed by atoms with van der Waals surface area (Å²) in [5.41, 5.74) is 7.01. The molecular formula is C16H24N2O2. The molecule has 20 heavy (non-hydrogen) atoms.